The van der Waals surface area contributed by atoms with Crippen LogP contribution in [0.25, 0.3) is 0 Å². The molecule has 1 heterocycles. The number of nitrogens with zero attached hydrogens (tertiary/aromatic N) is 1. The fourth-order valence-electron chi connectivity index (χ4n) is 1.74. The van der Waals surface area contributed by atoms with E-state index in [9.17, 15) is 14.4 Å². The molecule has 1 aliphatic heterocycles. The summed E-state index contributed by atoms with van der Waals surface area (Å²) in [5, 5.41) is 2.23. The molecular formula is C11H18N2O3. The molecule has 1 N–H and O–H groups in total. The SMILES string of the molecule is CCCC1C(=O)NC(=O)N(CC(C)C)C1=O. The number of hydrogen-bond acceptors (Lipinski definition) is 3. The monoisotopic (exact) mass is 226 g/mol. The maximum absolute atomic E-state index is 11.9. The summed E-state index contributed by atoms with van der Waals surface area (Å²) in [6.07, 6.45) is 1.24. The van der Waals surface area contributed by atoms with E-state index >= 15 is 0 Å². The van der Waals surface area contributed by atoms with E-state index in [1.807, 2.05) is 20.8 Å². The van der Waals surface area contributed by atoms with Gasteiger partial charge in [-0.25, -0.2) is 4.79 Å². The zero-order chi connectivity index (χ0) is 12.3. The molecule has 0 radical (unpaired) electrons. The van der Waals surface area contributed by atoms with Crippen LogP contribution in [0.5, 0.6) is 0 Å². The van der Waals surface area contributed by atoms with Gasteiger partial charge in [-0.15, -0.1) is 0 Å². The first-order valence-corrected chi connectivity index (χ1v) is 5.63. The van der Waals surface area contributed by atoms with Gasteiger partial charge < -0.3 is 0 Å². The Balaban J connectivity index is 2.81. The Morgan fingerprint density at radius 3 is 2.44 bits per heavy atom. The van der Waals surface area contributed by atoms with Crippen molar-refractivity contribution >= 4 is 17.8 Å². The number of barbiturate groups is 1. The van der Waals surface area contributed by atoms with Gasteiger partial charge in [0.25, 0.3) is 0 Å². The standard InChI is InChI=1S/C11H18N2O3/c1-4-5-8-9(14)12-11(16)13(10(8)15)6-7(2)3/h7-8H,4-6H2,1-3H3,(H,12,14,16). The molecule has 16 heavy (non-hydrogen) atoms. The van der Waals surface area contributed by atoms with Crippen LogP contribution in [0.2, 0.25) is 0 Å². The highest BCUT2D eigenvalue weighted by molar-refractivity contribution is 6.16. The quantitative estimate of drug-likeness (QED) is 0.731. The topological polar surface area (TPSA) is 66.5 Å². The van der Waals surface area contributed by atoms with Crippen molar-refractivity contribution in [3.8, 4) is 0 Å². The maximum atomic E-state index is 11.9. The van der Waals surface area contributed by atoms with Gasteiger partial charge in [-0.3, -0.25) is 19.8 Å². The molecule has 1 fully saturated rings. The highest BCUT2D eigenvalue weighted by atomic mass is 16.2. The summed E-state index contributed by atoms with van der Waals surface area (Å²) in [7, 11) is 0. The lowest BCUT2D eigenvalue weighted by molar-refractivity contribution is -0.143. The smallest absolute Gasteiger partial charge is 0.277 e. The van der Waals surface area contributed by atoms with Gasteiger partial charge in [-0.2, -0.15) is 0 Å². The molecule has 0 bridgehead atoms. The van der Waals surface area contributed by atoms with E-state index in [0.717, 1.165) is 11.3 Å². The van der Waals surface area contributed by atoms with E-state index in [0.29, 0.717) is 13.0 Å². The highest BCUT2D eigenvalue weighted by Gasteiger charge is 2.39. The van der Waals surface area contributed by atoms with Crippen LogP contribution in [-0.4, -0.2) is 29.3 Å². The first kappa shape index (κ1) is 12.7. The summed E-state index contributed by atoms with van der Waals surface area (Å²) in [4.78, 5) is 36.0. The number of hydrogen-bond donors (Lipinski definition) is 1. The molecule has 0 spiro atoms. The van der Waals surface area contributed by atoms with Crippen molar-refractivity contribution < 1.29 is 14.4 Å². The van der Waals surface area contributed by atoms with Gasteiger partial charge in [0.2, 0.25) is 11.8 Å². The molecule has 5 heteroatoms. The molecule has 5 nitrogen and oxygen atoms in total. The summed E-state index contributed by atoms with van der Waals surface area (Å²) in [5.41, 5.74) is 0. The molecule has 0 saturated carbocycles. The lowest BCUT2D eigenvalue weighted by atomic mass is 9.98. The van der Waals surface area contributed by atoms with Crippen molar-refractivity contribution in [2.45, 2.75) is 33.6 Å². The number of amides is 4. The van der Waals surface area contributed by atoms with Crippen LogP contribution in [-0.2, 0) is 9.59 Å². The number of carbonyl (C=O) groups is 3. The first-order valence-electron chi connectivity index (χ1n) is 5.63. The van der Waals surface area contributed by atoms with E-state index in [4.69, 9.17) is 0 Å². The fraction of sp³-hybridized carbons (Fsp3) is 0.727. The minimum absolute atomic E-state index is 0.199. The van der Waals surface area contributed by atoms with Crippen molar-refractivity contribution in [1.82, 2.24) is 10.2 Å². The zero-order valence-electron chi connectivity index (χ0n) is 9.95. The second-order valence-corrected chi connectivity index (χ2v) is 4.48. The van der Waals surface area contributed by atoms with E-state index in [1.165, 1.54) is 0 Å². The average molecular weight is 226 g/mol. The molecule has 0 aromatic carbocycles. The Labute approximate surface area is 95.2 Å². The normalized spacial score (nSPS) is 21.6. The van der Waals surface area contributed by atoms with Crippen molar-refractivity contribution in [3.63, 3.8) is 0 Å². The van der Waals surface area contributed by atoms with Crippen LogP contribution >= 0.6 is 0 Å². The summed E-state index contributed by atoms with van der Waals surface area (Å²) in [6, 6.07) is -0.587. The molecule has 1 rings (SSSR count). The largest absolute Gasteiger partial charge is 0.330 e. The van der Waals surface area contributed by atoms with Crippen LogP contribution in [0.1, 0.15) is 33.6 Å². The van der Waals surface area contributed by atoms with Crippen molar-refractivity contribution in [3.05, 3.63) is 0 Å². The maximum Gasteiger partial charge on any atom is 0.330 e. The zero-order valence-corrected chi connectivity index (χ0v) is 9.95. The number of urea groups is 1. The number of rotatable bonds is 4. The van der Waals surface area contributed by atoms with Crippen LogP contribution < -0.4 is 5.32 Å². The molecule has 90 valence electrons. The summed E-state index contributed by atoms with van der Waals surface area (Å²) >= 11 is 0. The van der Waals surface area contributed by atoms with Crippen LogP contribution in [0, 0.1) is 11.8 Å². The third-order valence-corrected chi connectivity index (χ3v) is 2.48. The second-order valence-electron chi connectivity index (χ2n) is 4.48. The Morgan fingerprint density at radius 2 is 1.94 bits per heavy atom. The van der Waals surface area contributed by atoms with Gasteiger partial charge in [0, 0.05) is 6.54 Å². The van der Waals surface area contributed by atoms with Crippen molar-refractivity contribution in [2.24, 2.45) is 11.8 Å². The summed E-state index contributed by atoms with van der Waals surface area (Å²) in [5.74, 6) is -1.31. The van der Waals surface area contributed by atoms with Gasteiger partial charge in [-0.1, -0.05) is 27.2 Å². The Hall–Kier alpha value is -1.39. The highest BCUT2D eigenvalue weighted by Crippen LogP contribution is 2.16. The molecule has 1 atom stereocenters. The van der Waals surface area contributed by atoms with Gasteiger partial charge in [-0.05, 0) is 12.3 Å². The Kier molecular flexibility index (Phi) is 4.04. The summed E-state index contributed by atoms with van der Waals surface area (Å²) in [6.45, 7) is 6.11. The lowest BCUT2D eigenvalue weighted by Gasteiger charge is -2.31. The Bertz CT molecular complexity index is 312. The average Bonchev–Trinajstić information content (AvgIpc) is 2.19. The lowest BCUT2D eigenvalue weighted by Crippen LogP contribution is -2.58. The number of imide groups is 2. The molecule has 1 unspecified atom stereocenters. The molecular weight excluding hydrogens is 208 g/mol. The molecule has 0 aromatic rings. The fourth-order valence-corrected chi connectivity index (χ4v) is 1.74. The number of carbonyl (C=O) groups excluding carboxylic acids is 3. The molecule has 1 saturated heterocycles. The second kappa shape index (κ2) is 5.09. The predicted octanol–water partition coefficient (Wildman–Crippen LogP) is 1.14. The van der Waals surface area contributed by atoms with Crippen molar-refractivity contribution in [1.29, 1.82) is 0 Å². The van der Waals surface area contributed by atoms with Gasteiger partial charge in [0.1, 0.15) is 5.92 Å². The molecule has 1 aliphatic rings. The van der Waals surface area contributed by atoms with Crippen LogP contribution in [0.3, 0.4) is 0 Å². The first-order chi connectivity index (χ1) is 7.47. The minimum atomic E-state index is -0.693. The van der Waals surface area contributed by atoms with Gasteiger partial charge >= 0.3 is 6.03 Å². The van der Waals surface area contributed by atoms with Crippen LogP contribution in [0.4, 0.5) is 4.79 Å². The van der Waals surface area contributed by atoms with E-state index in [1.54, 1.807) is 0 Å². The molecule has 4 amide bonds. The van der Waals surface area contributed by atoms with Crippen LogP contribution in [0.15, 0.2) is 0 Å². The molecule has 0 aromatic heterocycles. The van der Waals surface area contributed by atoms with E-state index < -0.39 is 17.9 Å². The minimum Gasteiger partial charge on any atom is -0.277 e. The molecule has 0 aliphatic carbocycles. The van der Waals surface area contributed by atoms with Gasteiger partial charge in [0.15, 0.2) is 0 Å². The third kappa shape index (κ3) is 2.59. The summed E-state index contributed by atoms with van der Waals surface area (Å²) < 4.78 is 0. The van der Waals surface area contributed by atoms with Gasteiger partial charge in [0.05, 0.1) is 0 Å². The Morgan fingerprint density at radius 1 is 1.31 bits per heavy atom. The van der Waals surface area contributed by atoms with E-state index in [-0.39, 0.29) is 11.8 Å². The van der Waals surface area contributed by atoms with E-state index in [2.05, 4.69) is 5.32 Å². The van der Waals surface area contributed by atoms with Crippen molar-refractivity contribution in [2.75, 3.05) is 6.54 Å². The predicted molar refractivity (Wildman–Crippen MR) is 58.5 cm³/mol. The third-order valence-electron chi connectivity index (χ3n) is 2.48. The number of nitrogens with one attached hydrogen (secondary N) is 1.